The van der Waals surface area contributed by atoms with E-state index in [9.17, 15) is 14.0 Å². The molecule has 3 rings (SSSR count). The first-order chi connectivity index (χ1) is 12.5. The van der Waals surface area contributed by atoms with Gasteiger partial charge < -0.3 is 10.2 Å². The highest BCUT2D eigenvalue weighted by Gasteiger charge is 2.33. The second-order valence-electron chi connectivity index (χ2n) is 6.46. The van der Waals surface area contributed by atoms with Crippen molar-refractivity contribution in [3.05, 3.63) is 70.5 Å². The van der Waals surface area contributed by atoms with Gasteiger partial charge in [0.2, 0.25) is 11.8 Å². The molecule has 1 saturated heterocycles. The Labute approximate surface area is 157 Å². The van der Waals surface area contributed by atoms with Gasteiger partial charge in [0.05, 0.1) is 5.92 Å². The van der Waals surface area contributed by atoms with E-state index in [4.69, 9.17) is 11.6 Å². The average molecular weight is 375 g/mol. The summed E-state index contributed by atoms with van der Waals surface area (Å²) in [4.78, 5) is 26.2. The van der Waals surface area contributed by atoms with Crippen LogP contribution >= 0.6 is 11.6 Å². The third-order valence-electron chi connectivity index (χ3n) is 4.52. The molecule has 6 heteroatoms. The number of likely N-dealkylation sites (tertiary alicyclic amines) is 1. The minimum absolute atomic E-state index is 0.00559. The summed E-state index contributed by atoms with van der Waals surface area (Å²) < 4.78 is 12.9. The minimum Gasteiger partial charge on any atom is -0.352 e. The number of carbonyl (C=O) groups excluding carboxylic acids is 2. The Morgan fingerprint density at radius 2 is 1.96 bits per heavy atom. The number of carbonyl (C=O) groups is 2. The van der Waals surface area contributed by atoms with Crippen molar-refractivity contribution >= 4 is 23.4 Å². The van der Waals surface area contributed by atoms with Crippen molar-refractivity contribution < 1.29 is 14.0 Å². The van der Waals surface area contributed by atoms with Crippen molar-refractivity contribution in [3.63, 3.8) is 0 Å². The molecular formula is C20H20ClFN2O2. The molecule has 0 aliphatic carbocycles. The summed E-state index contributed by atoms with van der Waals surface area (Å²) in [6.07, 6.45) is 0.932. The van der Waals surface area contributed by atoms with Gasteiger partial charge in [-0.1, -0.05) is 35.9 Å². The molecule has 1 fully saturated rings. The first-order valence-electron chi connectivity index (χ1n) is 8.55. The van der Waals surface area contributed by atoms with Gasteiger partial charge in [-0.25, -0.2) is 4.39 Å². The lowest BCUT2D eigenvalue weighted by Crippen LogP contribution is -2.33. The average Bonchev–Trinajstić information content (AvgIpc) is 3.00. The standard InChI is InChI=1S/C20H20ClFN2O2/c21-17-3-1-2-14(10-17)8-9-24-13-16(11-19(24)25)20(26)23-12-15-4-6-18(22)7-5-15/h1-7,10,16H,8-9,11-13H2,(H,23,26). The fourth-order valence-corrected chi connectivity index (χ4v) is 3.27. The summed E-state index contributed by atoms with van der Waals surface area (Å²) in [5, 5.41) is 3.50. The highest BCUT2D eigenvalue weighted by atomic mass is 35.5. The molecule has 2 aromatic carbocycles. The summed E-state index contributed by atoms with van der Waals surface area (Å²) in [5.41, 5.74) is 1.89. The van der Waals surface area contributed by atoms with Crippen LogP contribution in [-0.2, 0) is 22.6 Å². The maximum absolute atomic E-state index is 12.9. The molecular weight excluding hydrogens is 355 g/mol. The van der Waals surface area contributed by atoms with E-state index >= 15 is 0 Å². The zero-order valence-electron chi connectivity index (χ0n) is 14.3. The molecule has 2 aromatic rings. The van der Waals surface area contributed by atoms with Gasteiger partial charge in [0.1, 0.15) is 5.82 Å². The topological polar surface area (TPSA) is 49.4 Å². The maximum Gasteiger partial charge on any atom is 0.225 e. The summed E-state index contributed by atoms with van der Waals surface area (Å²) in [7, 11) is 0. The van der Waals surface area contributed by atoms with Crippen LogP contribution in [0.3, 0.4) is 0 Å². The number of rotatable bonds is 6. The van der Waals surface area contributed by atoms with Crippen molar-refractivity contribution in [2.24, 2.45) is 5.92 Å². The van der Waals surface area contributed by atoms with E-state index in [-0.39, 0.29) is 30.0 Å². The maximum atomic E-state index is 12.9. The first-order valence-corrected chi connectivity index (χ1v) is 8.93. The van der Waals surface area contributed by atoms with Gasteiger partial charge in [0, 0.05) is 31.1 Å². The van der Waals surface area contributed by atoms with Gasteiger partial charge in [0.15, 0.2) is 0 Å². The molecule has 1 heterocycles. The Bertz CT molecular complexity index is 795. The number of benzene rings is 2. The van der Waals surface area contributed by atoms with E-state index in [0.29, 0.717) is 31.1 Å². The number of nitrogens with one attached hydrogen (secondary N) is 1. The quantitative estimate of drug-likeness (QED) is 0.844. The van der Waals surface area contributed by atoms with Crippen molar-refractivity contribution in [3.8, 4) is 0 Å². The van der Waals surface area contributed by atoms with E-state index in [2.05, 4.69) is 5.32 Å². The van der Waals surface area contributed by atoms with Crippen LogP contribution in [0.25, 0.3) is 0 Å². The van der Waals surface area contributed by atoms with E-state index in [1.165, 1.54) is 12.1 Å². The zero-order chi connectivity index (χ0) is 18.5. The van der Waals surface area contributed by atoms with Crippen LogP contribution in [0.15, 0.2) is 48.5 Å². The summed E-state index contributed by atoms with van der Waals surface area (Å²) in [5.74, 6) is -0.805. The molecule has 1 aliphatic rings. The van der Waals surface area contributed by atoms with Gasteiger partial charge in [-0.2, -0.15) is 0 Å². The molecule has 0 bridgehead atoms. The smallest absolute Gasteiger partial charge is 0.225 e. The lowest BCUT2D eigenvalue weighted by molar-refractivity contribution is -0.129. The number of halogens is 2. The number of amides is 2. The molecule has 0 saturated carbocycles. The monoisotopic (exact) mass is 374 g/mol. The third kappa shape index (κ3) is 4.82. The molecule has 136 valence electrons. The van der Waals surface area contributed by atoms with Crippen molar-refractivity contribution in [2.75, 3.05) is 13.1 Å². The third-order valence-corrected chi connectivity index (χ3v) is 4.76. The Morgan fingerprint density at radius 3 is 2.69 bits per heavy atom. The van der Waals surface area contributed by atoms with Crippen molar-refractivity contribution in [1.82, 2.24) is 10.2 Å². The Kier molecular flexibility index (Phi) is 5.89. The normalized spacial score (nSPS) is 16.8. The van der Waals surface area contributed by atoms with Crippen LogP contribution in [0.5, 0.6) is 0 Å². The number of hydrogen-bond donors (Lipinski definition) is 1. The van der Waals surface area contributed by atoms with Gasteiger partial charge in [-0.3, -0.25) is 9.59 Å². The van der Waals surface area contributed by atoms with Crippen molar-refractivity contribution in [1.29, 1.82) is 0 Å². The molecule has 4 nitrogen and oxygen atoms in total. The zero-order valence-corrected chi connectivity index (χ0v) is 15.0. The number of nitrogens with zero attached hydrogens (tertiary/aromatic N) is 1. The molecule has 0 aromatic heterocycles. The Balaban J connectivity index is 1.48. The van der Waals surface area contributed by atoms with Crippen LogP contribution < -0.4 is 5.32 Å². The van der Waals surface area contributed by atoms with E-state index in [0.717, 1.165) is 11.1 Å². The largest absolute Gasteiger partial charge is 0.352 e. The van der Waals surface area contributed by atoms with Crippen LogP contribution in [0.4, 0.5) is 4.39 Å². The molecule has 0 spiro atoms. The molecule has 2 amide bonds. The van der Waals surface area contributed by atoms with Crippen LogP contribution in [0.1, 0.15) is 17.5 Å². The molecule has 26 heavy (non-hydrogen) atoms. The second kappa shape index (κ2) is 8.32. The van der Waals surface area contributed by atoms with Crippen LogP contribution in [0.2, 0.25) is 5.02 Å². The highest BCUT2D eigenvalue weighted by Crippen LogP contribution is 2.19. The number of hydrogen-bond acceptors (Lipinski definition) is 2. The second-order valence-corrected chi connectivity index (χ2v) is 6.90. The predicted octanol–water partition coefficient (Wildman–Crippen LogP) is 3.19. The Morgan fingerprint density at radius 1 is 1.19 bits per heavy atom. The van der Waals surface area contributed by atoms with Crippen LogP contribution in [0, 0.1) is 11.7 Å². The lowest BCUT2D eigenvalue weighted by Gasteiger charge is -2.16. The fraction of sp³-hybridized carbons (Fsp3) is 0.300. The lowest BCUT2D eigenvalue weighted by atomic mass is 10.1. The van der Waals surface area contributed by atoms with Gasteiger partial charge >= 0.3 is 0 Å². The molecule has 1 atom stereocenters. The first kappa shape index (κ1) is 18.4. The molecule has 1 N–H and O–H groups in total. The predicted molar refractivity (Wildman–Crippen MR) is 98.1 cm³/mol. The molecule has 1 aliphatic heterocycles. The van der Waals surface area contributed by atoms with E-state index in [1.54, 1.807) is 17.0 Å². The Hall–Kier alpha value is -2.40. The minimum atomic E-state index is -0.345. The van der Waals surface area contributed by atoms with Gasteiger partial charge in [-0.05, 0) is 41.8 Å². The summed E-state index contributed by atoms with van der Waals surface area (Å²) in [6, 6.07) is 13.5. The SMILES string of the molecule is O=C(NCc1ccc(F)cc1)C1CC(=O)N(CCc2cccc(Cl)c2)C1. The highest BCUT2D eigenvalue weighted by molar-refractivity contribution is 6.30. The summed E-state index contributed by atoms with van der Waals surface area (Å²) in [6.45, 7) is 1.32. The van der Waals surface area contributed by atoms with Gasteiger partial charge in [-0.15, -0.1) is 0 Å². The van der Waals surface area contributed by atoms with Gasteiger partial charge in [0.25, 0.3) is 0 Å². The van der Waals surface area contributed by atoms with Crippen molar-refractivity contribution in [2.45, 2.75) is 19.4 Å². The van der Waals surface area contributed by atoms with E-state index in [1.807, 2.05) is 24.3 Å². The summed E-state index contributed by atoms with van der Waals surface area (Å²) >= 11 is 5.97. The molecule has 0 radical (unpaired) electrons. The van der Waals surface area contributed by atoms with E-state index < -0.39 is 0 Å². The molecule has 1 unspecified atom stereocenters. The van der Waals surface area contributed by atoms with Crippen LogP contribution in [-0.4, -0.2) is 29.8 Å². The fourth-order valence-electron chi connectivity index (χ4n) is 3.06.